The average molecular weight is 291 g/mol. The highest BCUT2D eigenvalue weighted by Gasteiger charge is 2.42. The summed E-state index contributed by atoms with van der Waals surface area (Å²) in [6, 6.07) is 1.72. The van der Waals surface area contributed by atoms with Gasteiger partial charge in [-0.1, -0.05) is 6.92 Å². The summed E-state index contributed by atoms with van der Waals surface area (Å²) in [5.41, 5.74) is 0.950. The van der Waals surface area contributed by atoms with Gasteiger partial charge in [0.15, 0.2) is 0 Å². The van der Waals surface area contributed by atoms with Crippen LogP contribution in [-0.2, 0) is 4.79 Å². The fourth-order valence-corrected chi connectivity index (χ4v) is 2.86. The molecular weight excluding hydrogens is 270 g/mol. The fourth-order valence-electron chi connectivity index (χ4n) is 2.86. The van der Waals surface area contributed by atoms with E-state index >= 15 is 0 Å². The molecule has 0 bridgehead atoms. The molecule has 0 aliphatic carbocycles. The van der Waals surface area contributed by atoms with E-state index in [1.54, 1.807) is 24.8 Å². The van der Waals surface area contributed by atoms with Gasteiger partial charge in [-0.05, 0) is 39.2 Å². The predicted molar refractivity (Wildman–Crippen MR) is 77.0 cm³/mol. The Labute approximate surface area is 124 Å². The summed E-state index contributed by atoms with van der Waals surface area (Å²) in [6.07, 6.45) is 1.86. The van der Waals surface area contributed by atoms with Gasteiger partial charge in [0.1, 0.15) is 0 Å². The lowest BCUT2D eigenvalue weighted by molar-refractivity contribution is -0.152. The van der Waals surface area contributed by atoms with E-state index in [9.17, 15) is 14.7 Å². The molecule has 6 heteroatoms. The van der Waals surface area contributed by atoms with Gasteiger partial charge in [-0.3, -0.25) is 9.59 Å². The smallest absolute Gasteiger partial charge is 0.311 e. The van der Waals surface area contributed by atoms with E-state index < -0.39 is 11.4 Å². The summed E-state index contributed by atoms with van der Waals surface area (Å²) in [5, 5.41) is 17.4. The Bertz CT molecular complexity index is 573. The monoisotopic (exact) mass is 291 g/mol. The first kappa shape index (κ1) is 15.4. The van der Waals surface area contributed by atoms with Gasteiger partial charge in [-0.25, -0.2) is 0 Å². The third-order valence-corrected chi connectivity index (χ3v) is 4.33. The maximum absolute atomic E-state index is 12.7. The summed E-state index contributed by atoms with van der Waals surface area (Å²) in [4.78, 5) is 25.9. The Balaban J connectivity index is 2.27. The second-order valence-electron chi connectivity index (χ2n) is 5.75. The fraction of sp³-hybridized carbons (Fsp3) is 0.600. The number of piperidine rings is 1. The van der Waals surface area contributed by atoms with Crippen molar-refractivity contribution in [3.8, 4) is 0 Å². The molecule has 21 heavy (non-hydrogen) atoms. The van der Waals surface area contributed by atoms with E-state index in [1.165, 1.54) is 0 Å². The molecule has 1 aromatic heterocycles. The topological polar surface area (TPSA) is 83.4 Å². The molecule has 1 aromatic rings. The van der Waals surface area contributed by atoms with Crippen LogP contribution in [0.3, 0.4) is 0 Å². The Morgan fingerprint density at radius 1 is 1.38 bits per heavy atom. The van der Waals surface area contributed by atoms with Crippen molar-refractivity contribution in [3.05, 3.63) is 23.0 Å². The van der Waals surface area contributed by atoms with Crippen molar-refractivity contribution in [2.75, 3.05) is 13.1 Å². The number of carboxylic acid groups (broad SMARTS) is 1. The maximum atomic E-state index is 12.7. The number of carbonyl (C=O) groups is 2. The third-order valence-electron chi connectivity index (χ3n) is 4.33. The Hall–Kier alpha value is -1.98. The molecule has 0 aromatic carbocycles. The quantitative estimate of drug-likeness (QED) is 0.918. The Kier molecular flexibility index (Phi) is 4.25. The van der Waals surface area contributed by atoms with Crippen LogP contribution in [0.1, 0.15) is 47.9 Å². The number of aromatic nitrogens is 2. The molecule has 114 valence electrons. The van der Waals surface area contributed by atoms with E-state index in [1.807, 2.05) is 6.92 Å². The first-order valence-corrected chi connectivity index (χ1v) is 7.23. The van der Waals surface area contributed by atoms with Crippen LogP contribution in [-0.4, -0.2) is 45.2 Å². The van der Waals surface area contributed by atoms with Crippen LogP contribution in [0.4, 0.5) is 0 Å². The van der Waals surface area contributed by atoms with Gasteiger partial charge < -0.3 is 10.0 Å². The third kappa shape index (κ3) is 2.89. The Morgan fingerprint density at radius 3 is 2.71 bits per heavy atom. The van der Waals surface area contributed by atoms with E-state index in [2.05, 4.69) is 10.2 Å². The minimum Gasteiger partial charge on any atom is -0.481 e. The maximum Gasteiger partial charge on any atom is 0.311 e. The second kappa shape index (κ2) is 5.79. The molecule has 2 rings (SSSR count). The normalized spacial score (nSPS) is 22.1. The number of carbonyl (C=O) groups excluding carboxylic acids is 1. The minimum absolute atomic E-state index is 0.149. The van der Waals surface area contributed by atoms with Gasteiger partial charge in [0.2, 0.25) is 0 Å². The zero-order chi connectivity index (χ0) is 15.6. The van der Waals surface area contributed by atoms with Gasteiger partial charge in [-0.2, -0.15) is 10.2 Å². The molecule has 6 nitrogen and oxygen atoms in total. The van der Waals surface area contributed by atoms with Crippen molar-refractivity contribution in [2.45, 2.75) is 40.0 Å². The predicted octanol–water partition coefficient (Wildman–Crippen LogP) is 1.81. The molecular formula is C15H21N3O3. The van der Waals surface area contributed by atoms with Crippen molar-refractivity contribution in [2.24, 2.45) is 5.41 Å². The number of rotatable bonds is 3. The largest absolute Gasteiger partial charge is 0.481 e. The average Bonchev–Trinajstić information content (AvgIpc) is 2.48. The van der Waals surface area contributed by atoms with Gasteiger partial charge >= 0.3 is 5.97 Å². The van der Waals surface area contributed by atoms with Crippen LogP contribution < -0.4 is 0 Å². The van der Waals surface area contributed by atoms with Crippen LogP contribution >= 0.6 is 0 Å². The van der Waals surface area contributed by atoms with Crippen molar-refractivity contribution < 1.29 is 14.7 Å². The van der Waals surface area contributed by atoms with Gasteiger partial charge in [-0.15, -0.1) is 0 Å². The zero-order valence-electron chi connectivity index (χ0n) is 12.7. The number of aliphatic carboxylic acids is 1. The number of amides is 1. The highest BCUT2D eigenvalue weighted by Crippen LogP contribution is 2.34. The molecule has 2 heterocycles. The number of carboxylic acids is 1. The summed E-state index contributed by atoms with van der Waals surface area (Å²) in [5.74, 6) is -0.965. The first-order chi connectivity index (χ1) is 9.89. The molecule has 1 atom stereocenters. The standard InChI is InChI=1S/C15H21N3O3/c1-4-15(14(20)21)6-5-7-18(9-15)13(19)12-8-10(2)16-17-11(12)3/h8H,4-7,9H2,1-3H3,(H,20,21). The summed E-state index contributed by atoms with van der Waals surface area (Å²) < 4.78 is 0. The Morgan fingerprint density at radius 2 is 2.10 bits per heavy atom. The first-order valence-electron chi connectivity index (χ1n) is 7.23. The number of likely N-dealkylation sites (tertiary alicyclic amines) is 1. The highest BCUT2D eigenvalue weighted by atomic mass is 16.4. The van der Waals surface area contributed by atoms with Crippen LogP contribution in [0.15, 0.2) is 6.07 Å². The summed E-state index contributed by atoms with van der Waals surface area (Å²) in [7, 11) is 0. The van der Waals surface area contributed by atoms with E-state index in [0.717, 1.165) is 0 Å². The molecule has 1 unspecified atom stereocenters. The number of hydrogen-bond donors (Lipinski definition) is 1. The SMILES string of the molecule is CCC1(C(=O)O)CCCN(C(=O)c2cc(C)nnc2C)C1. The summed E-state index contributed by atoms with van der Waals surface area (Å²) >= 11 is 0. The van der Waals surface area contributed by atoms with Crippen LogP contribution in [0.5, 0.6) is 0 Å². The van der Waals surface area contributed by atoms with Crippen molar-refractivity contribution in [1.82, 2.24) is 15.1 Å². The molecule has 1 amide bonds. The number of hydrogen-bond acceptors (Lipinski definition) is 4. The molecule has 0 radical (unpaired) electrons. The van der Waals surface area contributed by atoms with E-state index in [-0.39, 0.29) is 12.5 Å². The lowest BCUT2D eigenvalue weighted by Crippen LogP contribution is -2.49. The van der Waals surface area contributed by atoms with E-state index in [4.69, 9.17) is 0 Å². The summed E-state index contributed by atoms with van der Waals surface area (Å²) in [6.45, 7) is 6.25. The van der Waals surface area contributed by atoms with Crippen LogP contribution in [0, 0.1) is 19.3 Å². The molecule has 1 fully saturated rings. The molecule has 0 spiro atoms. The van der Waals surface area contributed by atoms with Gasteiger partial charge in [0.05, 0.1) is 22.4 Å². The van der Waals surface area contributed by atoms with Gasteiger partial charge in [0.25, 0.3) is 5.91 Å². The molecule has 1 N–H and O–H groups in total. The highest BCUT2D eigenvalue weighted by molar-refractivity contribution is 5.95. The van der Waals surface area contributed by atoms with Crippen molar-refractivity contribution in [3.63, 3.8) is 0 Å². The number of nitrogens with zero attached hydrogens (tertiary/aromatic N) is 3. The van der Waals surface area contributed by atoms with E-state index in [0.29, 0.717) is 42.8 Å². The zero-order valence-corrected chi connectivity index (χ0v) is 12.7. The molecule has 1 aliphatic rings. The van der Waals surface area contributed by atoms with Crippen molar-refractivity contribution >= 4 is 11.9 Å². The lowest BCUT2D eigenvalue weighted by atomic mass is 9.77. The molecule has 1 saturated heterocycles. The van der Waals surface area contributed by atoms with Gasteiger partial charge in [0, 0.05) is 13.1 Å². The van der Waals surface area contributed by atoms with Crippen LogP contribution in [0.2, 0.25) is 0 Å². The minimum atomic E-state index is -0.822. The van der Waals surface area contributed by atoms with Crippen LogP contribution in [0.25, 0.3) is 0 Å². The molecule has 0 saturated carbocycles. The lowest BCUT2D eigenvalue weighted by Gasteiger charge is -2.39. The number of aryl methyl sites for hydroxylation is 2. The molecule has 1 aliphatic heterocycles. The second-order valence-corrected chi connectivity index (χ2v) is 5.75. The van der Waals surface area contributed by atoms with Crippen molar-refractivity contribution in [1.29, 1.82) is 0 Å².